The molecule has 3 aromatic rings. The largest absolute Gasteiger partial charge is 0.423 e. The van der Waals surface area contributed by atoms with Crippen LogP contribution in [0.5, 0.6) is 5.75 Å². The van der Waals surface area contributed by atoms with Crippen LogP contribution < -0.4 is 10.1 Å². The number of hydrogen-bond donors (Lipinski definition) is 1. The second kappa shape index (κ2) is 11.9. The van der Waals surface area contributed by atoms with Crippen LogP contribution in [-0.2, 0) is 14.2 Å². The van der Waals surface area contributed by atoms with Crippen molar-refractivity contribution in [2.24, 2.45) is 0 Å². The third-order valence-corrected chi connectivity index (χ3v) is 4.41. The molecule has 0 saturated carbocycles. The maximum absolute atomic E-state index is 12.4. The number of rotatable bonds is 12. The standard InChI is InChI=1S/C24H27NO5/c1-27-13-14-29-16-15-28-12-11-25-22-10-9-19-17-21(8-7-20(19)18-22)24(26)30-23-5-3-2-4-6-23/h2-10,17-18,25H,11-16H2,1H3. The number of carbonyl (C=O) groups is 1. The van der Waals surface area contributed by atoms with Gasteiger partial charge in [-0.2, -0.15) is 0 Å². The summed E-state index contributed by atoms with van der Waals surface area (Å²) in [4.78, 5) is 12.4. The molecule has 0 saturated heterocycles. The van der Waals surface area contributed by atoms with Crippen LogP contribution in [0.15, 0.2) is 66.7 Å². The first-order chi connectivity index (χ1) is 14.8. The molecule has 1 N–H and O–H groups in total. The van der Waals surface area contributed by atoms with E-state index in [-0.39, 0.29) is 5.97 Å². The van der Waals surface area contributed by atoms with Gasteiger partial charge in [-0.3, -0.25) is 0 Å². The third-order valence-electron chi connectivity index (χ3n) is 4.41. The molecular weight excluding hydrogens is 382 g/mol. The van der Waals surface area contributed by atoms with Gasteiger partial charge in [-0.15, -0.1) is 0 Å². The third kappa shape index (κ3) is 6.84. The van der Waals surface area contributed by atoms with Crippen molar-refractivity contribution in [1.82, 2.24) is 0 Å². The van der Waals surface area contributed by atoms with Crippen molar-refractivity contribution < 1.29 is 23.7 Å². The maximum Gasteiger partial charge on any atom is 0.343 e. The van der Waals surface area contributed by atoms with Crippen molar-refractivity contribution in [3.8, 4) is 5.75 Å². The van der Waals surface area contributed by atoms with Crippen molar-refractivity contribution in [3.05, 3.63) is 72.3 Å². The Morgan fingerprint density at radius 1 is 0.800 bits per heavy atom. The number of carbonyl (C=O) groups excluding carboxylic acids is 1. The van der Waals surface area contributed by atoms with Crippen molar-refractivity contribution in [1.29, 1.82) is 0 Å². The molecule has 0 aliphatic carbocycles. The first-order valence-corrected chi connectivity index (χ1v) is 9.95. The molecule has 158 valence electrons. The van der Waals surface area contributed by atoms with Gasteiger partial charge >= 0.3 is 5.97 Å². The average Bonchev–Trinajstić information content (AvgIpc) is 2.78. The van der Waals surface area contributed by atoms with Gasteiger partial charge in [-0.1, -0.05) is 30.3 Å². The quantitative estimate of drug-likeness (QED) is 0.275. The number of hydrogen-bond acceptors (Lipinski definition) is 6. The maximum atomic E-state index is 12.4. The van der Waals surface area contributed by atoms with Crippen LogP contribution in [0.3, 0.4) is 0 Å². The molecule has 6 nitrogen and oxygen atoms in total. The van der Waals surface area contributed by atoms with E-state index in [1.54, 1.807) is 25.3 Å². The van der Waals surface area contributed by atoms with E-state index in [0.717, 1.165) is 16.5 Å². The Bertz CT molecular complexity index is 929. The lowest BCUT2D eigenvalue weighted by molar-refractivity contribution is 0.0272. The van der Waals surface area contributed by atoms with Gasteiger partial charge < -0.3 is 24.3 Å². The van der Waals surface area contributed by atoms with Crippen LogP contribution in [-0.4, -0.2) is 52.7 Å². The van der Waals surface area contributed by atoms with Gasteiger partial charge in [-0.05, 0) is 47.2 Å². The van der Waals surface area contributed by atoms with E-state index in [1.807, 2.05) is 42.5 Å². The molecule has 0 aliphatic rings. The molecule has 0 fully saturated rings. The Kier molecular flexibility index (Phi) is 8.65. The van der Waals surface area contributed by atoms with Crippen LogP contribution in [0.1, 0.15) is 10.4 Å². The molecule has 0 heterocycles. The molecule has 0 aliphatic heterocycles. The molecule has 30 heavy (non-hydrogen) atoms. The summed E-state index contributed by atoms with van der Waals surface area (Å²) in [5.74, 6) is 0.166. The van der Waals surface area contributed by atoms with Crippen LogP contribution in [0.25, 0.3) is 10.8 Å². The molecule has 0 spiro atoms. The van der Waals surface area contributed by atoms with E-state index in [1.165, 1.54) is 0 Å². The first kappa shape index (κ1) is 21.8. The Balaban J connectivity index is 1.46. The fraction of sp³-hybridized carbons (Fsp3) is 0.292. The summed E-state index contributed by atoms with van der Waals surface area (Å²) in [7, 11) is 1.65. The predicted molar refractivity (Wildman–Crippen MR) is 117 cm³/mol. The second-order valence-corrected chi connectivity index (χ2v) is 6.62. The Morgan fingerprint density at radius 2 is 1.50 bits per heavy atom. The van der Waals surface area contributed by atoms with Gasteiger partial charge in [0.2, 0.25) is 0 Å². The highest BCUT2D eigenvalue weighted by Gasteiger charge is 2.09. The van der Waals surface area contributed by atoms with Crippen molar-refractivity contribution in [2.45, 2.75) is 0 Å². The zero-order chi connectivity index (χ0) is 21.0. The predicted octanol–water partition coefficient (Wildman–Crippen LogP) is 4.15. The minimum absolute atomic E-state index is 0.367. The normalized spacial score (nSPS) is 10.8. The van der Waals surface area contributed by atoms with E-state index >= 15 is 0 Å². The SMILES string of the molecule is COCCOCCOCCNc1ccc2cc(C(=O)Oc3ccccc3)ccc2c1. The van der Waals surface area contributed by atoms with Crippen molar-refractivity contribution in [2.75, 3.05) is 52.0 Å². The van der Waals surface area contributed by atoms with Crippen LogP contribution in [0.4, 0.5) is 5.69 Å². The molecule has 0 aromatic heterocycles. The number of ether oxygens (including phenoxy) is 4. The minimum Gasteiger partial charge on any atom is -0.423 e. The van der Waals surface area contributed by atoms with E-state index in [9.17, 15) is 4.79 Å². The molecule has 6 heteroatoms. The van der Waals surface area contributed by atoms with Crippen LogP contribution >= 0.6 is 0 Å². The van der Waals surface area contributed by atoms with Crippen LogP contribution in [0, 0.1) is 0 Å². The molecule has 3 rings (SSSR count). The van der Waals surface area contributed by atoms with E-state index in [0.29, 0.717) is 50.9 Å². The lowest BCUT2D eigenvalue weighted by atomic mass is 10.1. The lowest BCUT2D eigenvalue weighted by Crippen LogP contribution is -2.13. The van der Waals surface area contributed by atoms with Gasteiger partial charge in [0.05, 0.1) is 38.6 Å². The highest BCUT2D eigenvalue weighted by molar-refractivity contribution is 5.97. The Hall–Kier alpha value is -2.93. The number of para-hydroxylation sites is 1. The van der Waals surface area contributed by atoms with E-state index < -0.39 is 0 Å². The molecule has 0 atom stereocenters. The molecular formula is C24H27NO5. The van der Waals surface area contributed by atoms with Gasteiger partial charge in [0.15, 0.2) is 0 Å². The van der Waals surface area contributed by atoms with Gasteiger partial charge in [0.1, 0.15) is 5.75 Å². The minimum atomic E-state index is -0.367. The van der Waals surface area contributed by atoms with Crippen molar-refractivity contribution >= 4 is 22.4 Å². The molecule has 0 radical (unpaired) electrons. The van der Waals surface area contributed by atoms with Gasteiger partial charge in [-0.25, -0.2) is 4.79 Å². The highest BCUT2D eigenvalue weighted by Crippen LogP contribution is 2.21. The summed E-state index contributed by atoms with van der Waals surface area (Å²) in [5.41, 5.74) is 1.52. The van der Waals surface area contributed by atoms with E-state index in [2.05, 4.69) is 11.4 Å². The van der Waals surface area contributed by atoms with Gasteiger partial charge in [0, 0.05) is 19.3 Å². The fourth-order valence-electron chi connectivity index (χ4n) is 2.87. The summed E-state index contributed by atoms with van der Waals surface area (Å²) in [6, 6.07) is 20.6. The van der Waals surface area contributed by atoms with E-state index in [4.69, 9.17) is 18.9 Å². The van der Waals surface area contributed by atoms with Crippen molar-refractivity contribution in [3.63, 3.8) is 0 Å². The monoisotopic (exact) mass is 409 g/mol. The number of esters is 1. The number of methoxy groups -OCH3 is 1. The molecule has 3 aromatic carbocycles. The average molecular weight is 409 g/mol. The van der Waals surface area contributed by atoms with Crippen LogP contribution in [0.2, 0.25) is 0 Å². The zero-order valence-electron chi connectivity index (χ0n) is 17.1. The highest BCUT2D eigenvalue weighted by atomic mass is 16.5. The fourth-order valence-corrected chi connectivity index (χ4v) is 2.87. The summed E-state index contributed by atoms with van der Waals surface area (Å²) in [5, 5.41) is 5.36. The Labute approximate surface area is 176 Å². The molecule has 0 amide bonds. The summed E-state index contributed by atoms with van der Waals surface area (Å²) in [6.45, 7) is 3.60. The number of benzene rings is 3. The zero-order valence-corrected chi connectivity index (χ0v) is 17.1. The molecule has 0 unspecified atom stereocenters. The number of anilines is 1. The summed E-state index contributed by atoms with van der Waals surface area (Å²) in [6.07, 6.45) is 0. The Morgan fingerprint density at radius 3 is 2.30 bits per heavy atom. The smallest absolute Gasteiger partial charge is 0.343 e. The first-order valence-electron chi connectivity index (χ1n) is 9.95. The summed E-state index contributed by atoms with van der Waals surface area (Å²) < 4.78 is 21.2. The summed E-state index contributed by atoms with van der Waals surface area (Å²) >= 11 is 0. The topological polar surface area (TPSA) is 66.0 Å². The lowest BCUT2D eigenvalue weighted by Gasteiger charge is -2.10. The van der Waals surface area contributed by atoms with Gasteiger partial charge in [0.25, 0.3) is 0 Å². The second-order valence-electron chi connectivity index (χ2n) is 6.62. The number of nitrogens with one attached hydrogen (secondary N) is 1. The molecule has 0 bridgehead atoms. The number of fused-ring (bicyclic) bond motifs is 1.